The Bertz CT molecular complexity index is 398. The van der Waals surface area contributed by atoms with Gasteiger partial charge in [-0.15, -0.1) is 0 Å². The van der Waals surface area contributed by atoms with E-state index in [9.17, 15) is 4.79 Å². The van der Waals surface area contributed by atoms with Crippen molar-refractivity contribution < 1.29 is 9.53 Å². The number of ether oxygens (including phenoxy) is 1. The van der Waals surface area contributed by atoms with Gasteiger partial charge in [0, 0.05) is 18.1 Å². The van der Waals surface area contributed by atoms with Crippen LogP contribution in [0.4, 0.5) is 0 Å². The van der Waals surface area contributed by atoms with Crippen molar-refractivity contribution in [1.29, 1.82) is 0 Å². The number of carbonyl (C=O) groups is 1. The quantitative estimate of drug-likeness (QED) is 0.845. The molecule has 0 aromatic rings. The van der Waals surface area contributed by atoms with E-state index in [-0.39, 0.29) is 17.4 Å². The van der Waals surface area contributed by atoms with Gasteiger partial charge in [-0.2, -0.15) is 0 Å². The van der Waals surface area contributed by atoms with Gasteiger partial charge < -0.3 is 10.1 Å². The van der Waals surface area contributed by atoms with Crippen molar-refractivity contribution in [3.05, 3.63) is 0 Å². The Morgan fingerprint density at radius 2 is 1.83 bits per heavy atom. The van der Waals surface area contributed by atoms with Crippen molar-refractivity contribution in [2.45, 2.75) is 89.8 Å². The highest BCUT2D eigenvalue weighted by molar-refractivity contribution is 5.81. The van der Waals surface area contributed by atoms with Crippen LogP contribution in [0.3, 0.4) is 0 Å². The molecule has 3 rings (SSSR count). The van der Waals surface area contributed by atoms with Crippen molar-refractivity contribution in [3.8, 4) is 0 Å². The largest absolute Gasteiger partial charge is 0.378 e. The summed E-state index contributed by atoms with van der Waals surface area (Å²) in [5.74, 6) is 0.234. The first-order valence-corrected chi connectivity index (χ1v) is 9.83. The van der Waals surface area contributed by atoms with Gasteiger partial charge in [0.1, 0.15) is 0 Å². The van der Waals surface area contributed by atoms with Gasteiger partial charge in [0.2, 0.25) is 5.91 Å². The van der Waals surface area contributed by atoms with Crippen LogP contribution in [0, 0.1) is 5.41 Å². The number of hydrogen-bond acceptors (Lipinski definition) is 3. The molecule has 0 aromatic carbocycles. The van der Waals surface area contributed by atoms with Crippen molar-refractivity contribution in [3.63, 3.8) is 0 Å². The van der Waals surface area contributed by atoms with Crippen molar-refractivity contribution >= 4 is 5.91 Å². The van der Waals surface area contributed by atoms with Crippen LogP contribution in [0.5, 0.6) is 0 Å². The van der Waals surface area contributed by atoms with Gasteiger partial charge in [0.25, 0.3) is 0 Å². The lowest BCUT2D eigenvalue weighted by Crippen LogP contribution is -2.65. The average Bonchev–Trinajstić information content (AvgIpc) is 2.93. The van der Waals surface area contributed by atoms with Gasteiger partial charge in [-0.05, 0) is 59.0 Å². The van der Waals surface area contributed by atoms with E-state index in [4.69, 9.17) is 4.74 Å². The van der Waals surface area contributed by atoms with Gasteiger partial charge in [-0.1, -0.05) is 25.7 Å². The van der Waals surface area contributed by atoms with Crippen LogP contribution in [0.15, 0.2) is 0 Å². The topological polar surface area (TPSA) is 41.6 Å². The number of hydrogen-bond donors (Lipinski definition) is 1. The molecule has 1 heterocycles. The molecule has 3 aliphatic rings. The summed E-state index contributed by atoms with van der Waals surface area (Å²) in [5, 5.41) is 3.39. The molecular weight excluding hydrogens is 288 g/mol. The Morgan fingerprint density at radius 3 is 2.43 bits per heavy atom. The summed E-state index contributed by atoms with van der Waals surface area (Å²) >= 11 is 0. The van der Waals surface area contributed by atoms with Crippen molar-refractivity contribution in [1.82, 2.24) is 10.2 Å². The molecule has 2 saturated carbocycles. The minimum atomic E-state index is 0.0118. The maximum atomic E-state index is 12.8. The second-order valence-corrected chi connectivity index (χ2v) is 7.81. The fraction of sp³-hybridized carbons (Fsp3) is 0.947. The third kappa shape index (κ3) is 3.43. The van der Waals surface area contributed by atoms with Crippen molar-refractivity contribution in [2.24, 2.45) is 5.41 Å². The Balaban J connectivity index is 1.56. The van der Waals surface area contributed by atoms with Gasteiger partial charge in [0.15, 0.2) is 0 Å². The zero-order valence-corrected chi connectivity index (χ0v) is 15.0. The van der Waals surface area contributed by atoms with E-state index < -0.39 is 0 Å². The summed E-state index contributed by atoms with van der Waals surface area (Å²) < 4.78 is 5.96. The number of nitrogens with one attached hydrogen (secondary N) is 1. The standard InChI is InChI=1S/C19H34N2O2/c1-3-23-17-14-16(19(17)10-6-7-11-19)20-18(22)15(2)21-12-8-4-5-9-13-21/h15-17H,3-14H2,1-2H3,(H,20,22). The van der Waals surface area contributed by atoms with Gasteiger partial charge in [0.05, 0.1) is 12.1 Å². The molecule has 1 aliphatic heterocycles. The fourth-order valence-corrected chi connectivity index (χ4v) is 5.03. The van der Waals surface area contributed by atoms with Crippen LogP contribution in [0.2, 0.25) is 0 Å². The summed E-state index contributed by atoms with van der Waals surface area (Å²) in [6, 6.07) is 0.348. The lowest BCUT2D eigenvalue weighted by Gasteiger charge is -2.54. The van der Waals surface area contributed by atoms with Crippen LogP contribution < -0.4 is 5.32 Å². The van der Waals surface area contributed by atoms with Crippen LogP contribution in [-0.4, -0.2) is 48.7 Å². The third-order valence-electron chi connectivity index (χ3n) is 6.57. The molecule has 1 amide bonds. The second kappa shape index (κ2) is 7.52. The molecule has 1 spiro atoms. The molecule has 3 atom stereocenters. The predicted molar refractivity (Wildman–Crippen MR) is 92.4 cm³/mol. The van der Waals surface area contributed by atoms with E-state index >= 15 is 0 Å². The molecular formula is C19H34N2O2. The molecule has 0 aromatic heterocycles. The van der Waals surface area contributed by atoms with Crippen molar-refractivity contribution in [2.75, 3.05) is 19.7 Å². The molecule has 1 saturated heterocycles. The smallest absolute Gasteiger partial charge is 0.237 e. The van der Waals surface area contributed by atoms with E-state index in [2.05, 4.69) is 24.1 Å². The number of carbonyl (C=O) groups excluding carboxylic acids is 1. The summed E-state index contributed by atoms with van der Waals surface area (Å²) in [7, 11) is 0. The highest BCUT2D eigenvalue weighted by Crippen LogP contribution is 2.54. The third-order valence-corrected chi connectivity index (χ3v) is 6.57. The van der Waals surface area contributed by atoms with E-state index in [1.807, 2.05) is 0 Å². The number of amides is 1. The summed E-state index contributed by atoms with van der Waals surface area (Å²) in [6.07, 6.45) is 11.5. The molecule has 0 radical (unpaired) electrons. The predicted octanol–water partition coefficient (Wildman–Crippen LogP) is 3.10. The first kappa shape index (κ1) is 17.2. The highest BCUT2D eigenvalue weighted by atomic mass is 16.5. The molecule has 2 aliphatic carbocycles. The van der Waals surface area contributed by atoms with E-state index in [1.165, 1.54) is 51.4 Å². The Hall–Kier alpha value is -0.610. The van der Waals surface area contributed by atoms with E-state index in [0.717, 1.165) is 26.1 Å². The van der Waals surface area contributed by atoms with Crippen LogP contribution in [0.25, 0.3) is 0 Å². The molecule has 23 heavy (non-hydrogen) atoms. The minimum Gasteiger partial charge on any atom is -0.378 e. The second-order valence-electron chi connectivity index (χ2n) is 7.81. The zero-order valence-electron chi connectivity index (χ0n) is 15.0. The first-order chi connectivity index (χ1) is 11.2. The summed E-state index contributed by atoms with van der Waals surface area (Å²) in [4.78, 5) is 15.1. The lowest BCUT2D eigenvalue weighted by atomic mass is 9.60. The highest BCUT2D eigenvalue weighted by Gasteiger charge is 2.57. The van der Waals surface area contributed by atoms with E-state index in [0.29, 0.717) is 12.1 Å². The molecule has 132 valence electrons. The van der Waals surface area contributed by atoms with Crippen LogP contribution >= 0.6 is 0 Å². The average molecular weight is 322 g/mol. The van der Waals surface area contributed by atoms with Gasteiger partial charge >= 0.3 is 0 Å². The van der Waals surface area contributed by atoms with Crippen LogP contribution in [0.1, 0.15) is 71.6 Å². The molecule has 0 bridgehead atoms. The zero-order chi connectivity index (χ0) is 16.3. The Kier molecular flexibility index (Phi) is 5.63. The molecule has 3 unspecified atom stereocenters. The fourth-order valence-electron chi connectivity index (χ4n) is 5.03. The van der Waals surface area contributed by atoms with Crippen LogP contribution in [-0.2, 0) is 9.53 Å². The molecule has 4 nitrogen and oxygen atoms in total. The molecule has 4 heteroatoms. The van der Waals surface area contributed by atoms with E-state index in [1.54, 1.807) is 0 Å². The van der Waals surface area contributed by atoms with Gasteiger partial charge in [-0.25, -0.2) is 0 Å². The molecule has 1 N–H and O–H groups in total. The first-order valence-electron chi connectivity index (χ1n) is 9.83. The number of likely N-dealkylation sites (tertiary alicyclic amines) is 1. The Labute approximate surface area is 141 Å². The number of nitrogens with zero attached hydrogens (tertiary/aromatic N) is 1. The monoisotopic (exact) mass is 322 g/mol. The molecule has 3 fully saturated rings. The summed E-state index contributed by atoms with van der Waals surface area (Å²) in [5.41, 5.74) is 0.240. The maximum Gasteiger partial charge on any atom is 0.237 e. The number of rotatable bonds is 5. The SMILES string of the molecule is CCOC1CC(NC(=O)C(C)N2CCCCCC2)C12CCCC2. The Morgan fingerprint density at radius 1 is 1.17 bits per heavy atom. The summed E-state index contributed by atoms with van der Waals surface area (Å²) in [6.45, 7) is 7.10. The van der Waals surface area contributed by atoms with Gasteiger partial charge in [-0.3, -0.25) is 9.69 Å². The normalized spacial score (nSPS) is 32.3. The lowest BCUT2D eigenvalue weighted by molar-refractivity contribution is -0.147. The minimum absolute atomic E-state index is 0.0118. The maximum absolute atomic E-state index is 12.8.